The molecule has 2 rings (SSSR count). The number of benzene rings is 1. The number of aromatic nitrogens is 1. The van der Waals surface area contributed by atoms with Crippen molar-refractivity contribution in [2.45, 2.75) is 19.9 Å². The van der Waals surface area contributed by atoms with Crippen LogP contribution in [0.25, 0.3) is 0 Å². The maximum absolute atomic E-state index is 12.0. The van der Waals surface area contributed by atoms with Gasteiger partial charge in [-0.1, -0.05) is 13.0 Å². The van der Waals surface area contributed by atoms with Crippen LogP contribution >= 0.6 is 11.3 Å². The smallest absolute Gasteiger partial charge is 0.275 e. The summed E-state index contributed by atoms with van der Waals surface area (Å²) in [6.07, 6.45) is 0.831. The van der Waals surface area contributed by atoms with Crippen LogP contribution in [0.4, 0.5) is 5.69 Å². The molecule has 0 radical (unpaired) electrons. The normalized spacial score (nSPS) is 10.4. The van der Waals surface area contributed by atoms with Crippen molar-refractivity contribution in [2.24, 2.45) is 5.73 Å². The number of anilines is 1. The summed E-state index contributed by atoms with van der Waals surface area (Å²) in [5, 5.41) is 14.7. The summed E-state index contributed by atoms with van der Waals surface area (Å²) in [5.74, 6) is -0.306. The van der Waals surface area contributed by atoms with Crippen LogP contribution < -0.4 is 11.1 Å². The number of aryl methyl sites for hydroxylation is 1. The summed E-state index contributed by atoms with van der Waals surface area (Å²) in [6, 6.07) is 5.14. The third kappa shape index (κ3) is 3.10. The van der Waals surface area contributed by atoms with Gasteiger partial charge >= 0.3 is 0 Å². The maximum atomic E-state index is 12.0. The molecule has 1 heterocycles. The third-order valence-electron chi connectivity index (χ3n) is 2.68. The third-order valence-corrected chi connectivity index (χ3v) is 3.55. The summed E-state index contributed by atoms with van der Waals surface area (Å²) < 4.78 is 0. The lowest BCUT2D eigenvalue weighted by Crippen LogP contribution is -2.13. The maximum Gasteiger partial charge on any atom is 0.275 e. The van der Waals surface area contributed by atoms with E-state index in [4.69, 9.17) is 5.73 Å². The molecule has 100 valence electrons. The second kappa shape index (κ2) is 5.81. The Morgan fingerprint density at radius 3 is 2.95 bits per heavy atom. The van der Waals surface area contributed by atoms with E-state index in [9.17, 15) is 9.90 Å². The molecule has 1 amide bonds. The van der Waals surface area contributed by atoms with E-state index >= 15 is 0 Å². The molecule has 2 aromatic rings. The molecule has 19 heavy (non-hydrogen) atoms. The SMILES string of the molecule is CCc1ccc(O)c(NC(=O)c2csc(CN)n2)c1. The van der Waals surface area contributed by atoms with Crippen molar-refractivity contribution >= 4 is 22.9 Å². The molecule has 0 spiro atoms. The van der Waals surface area contributed by atoms with E-state index in [0.29, 0.717) is 22.9 Å². The molecule has 6 heteroatoms. The lowest BCUT2D eigenvalue weighted by Gasteiger charge is -2.07. The molecule has 1 aromatic heterocycles. The van der Waals surface area contributed by atoms with Crippen molar-refractivity contribution in [1.82, 2.24) is 4.98 Å². The van der Waals surface area contributed by atoms with Gasteiger partial charge in [-0.05, 0) is 24.1 Å². The van der Waals surface area contributed by atoms with Crippen LogP contribution in [0.1, 0.15) is 28.0 Å². The first-order chi connectivity index (χ1) is 9.13. The van der Waals surface area contributed by atoms with Crippen LogP contribution in [0.15, 0.2) is 23.6 Å². The summed E-state index contributed by atoms with van der Waals surface area (Å²) in [7, 11) is 0. The van der Waals surface area contributed by atoms with E-state index in [2.05, 4.69) is 10.3 Å². The molecular weight excluding hydrogens is 262 g/mol. The molecule has 5 nitrogen and oxygen atoms in total. The topological polar surface area (TPSA) is 88.2 Å². The molecule has 0 fully saturated rings. The summed E-state index contributed by atoms with van der Waals surface area (Å²) in [4.78, 5) is 16.1. The van der Waals surface area contributed by atoms with Gasteiger partial charge in [-0.2, -0.15) is 0 Å². The van der Waals surface area contributed by atoms with Crippen LogP contribution in [0.5, 0.6) is 5.75 Å². The average Bonchev–Trinajstić information content (AvgIpc) is 2.90. The zero-order chi connectivity index (χ0) is 13.8. The van der Waals surface area contributed by atoms with E-state index in [0.717, 1.165) is 12.0 Å². The largest absolute Gasteiger partial charge is 0.506 e. The quantitative estimate of drug-likeness (QED) is 0.747. The lowest BCUT2D eigenvalue weighted by atomic mass is 10.1. The first kappa shape index (κ1) is 13.5. The van der Waals surface area contributed by atoms with Crippen LogP contribution in [0.3, 0.4) is 0 Å². The minimum absolute atomic E-state index is 0.0415. The number of phenols is 1. The molecule has 0 unspecified atom stereocenters. The Morgan fingerprint density at radius 2 is 2.32 bits per heavy atom. The fourth-order valence-corrected chi connectivity index (χ4v) is 2.25. The summed E-state index contributed by atoms with van der Waals surface area (Å²) in [6.45, 7) is 2.32. The molecule has 0 bridgehead atoms. The Labute approximate surface area is 115 Å². The van der Waals surface area contributed by atoms with Gasteiger partial charge in [-0.3, -0.25) is 4.79 Å². The van der Waals surface area contributed by atoms with Crippen molar-refractivity contribution in [3.8, 4) is 5.75 Å². The highest BCUT2D eigenvalue weighted by molar-refractivity contribution is 7.09. The highest BCUT2D eigenvalue weighted by atomic mass is 32.1. The summed E-state index contributed by atoms with van der Waals surface area (Å²) >= 11 is 1.34. The highest BCUT2D eigenvalue weighted by Gasteiger charge is 2.12. The van der Waals surface area contributed by atoms with Gasteiger partial charge in [0.25, 0.3) is 5.91 Å². The number of rotatable bonds is 4. The van der Waals surface area contributed by atoms with Gasteiger partial charge in [-0.25, -0.2) is 4.98 Å². The predicted molar refractivity (Wildman–Crippen MR) is 75.4 cm³/mol. The Kier molecular flexibility index (Phi) is 4.13. The van der Waals surface area contributed by atoms with Crippen molar-refractivity contribution in [3.63, 3.8) is 0 Å². The minimum Gasteiger partial charge on any atom is -0.506 e. The Morgan fingerprint density at radius 1 is 1.53 bits per heavy atom. The summed E-state index contributed by atoms with van der Waals surface area (Å²) in [5.41, 5.74) is 7.20. The number of hydrogen-bond acceptors (Lipinski definition) is 5. The molecule has 1 aromatic carbocycles. The van der Waals surface area contributed by atoms with Crippen LogP contribution in [0, 0.1) is 0 Å². The number of carbonyl (C=O) groups excluding carboxylic acids is 1. The monoisotopic (exact) mass is 277 g/mol. The van der Waals surface area contributed by atoms with Gasteiger partial charge in [0.2, 0.25) is 0 Å². The van der Waals surface area contributed by atoms with Gasteiger partial charge in [-0.15, -0.1) is 11.3 Å². The van der Waals surface area contributed by atoms with Gasteiger partial charge in [0.1, 0.15) is 16.5 Å². The number of nitrogens with one attached hydrogen (secondary N) is 1. The predicted octanol–water partition coefficient (Wildman–Crippen LogP) is 2.12. The number of amides is 1. The Balaban J connectivity index is 2.18. The Bertz CT molecular complexity index is 595. The van der Waals surface area contributed by atoms with Gasteiger partial charge in [0, 0.05) is 11.9 Å². The first-order valence-electron chi connectivity index (χ1n) is 5.91. The number of hydrogen-bond donors (Lipinski definition) is 3. The minimum atomic E-state index is -0.348. The second-order valence-corrected chi connectivity index (χ2v) is 4.93. The molecule has 0 atom stereocenters. The lowest BCUT2D eigenvalue weighted by molar-refractivity contribution is 0.102. The van der Waals surface area contributed by atoms with E-state index < -0.39 is 0 Å². The van der Waals surface area contributed by atoms with E-state index in [1.807, 2.05) is 13.0 Å². The number of carbonyl (C=O) groups is 1. The fourth-order valence-electron chi connectivity index (χ4n) is 1.60. The van der Waals surface area contributed by atoms with Crippen LogP contribution in [-0.4, -0.2) is 16.0 Å². The van der Waals surface area contributed by atoms with Gasteiger partial charge < -0.3 is 16.2 Å². The zero-order valence-electron chi connectivity index (χ0n) is 10.5. The van der Waals surface area contributed by atoms with Crippen LogP contribution in [-0.2, 0) is 13.0 Å². The zero-order valence-corrected chi connectivity index (χ0v) is 11.3. The number of nitrogens with two attached hydrogens (primary N) is 1. The molecule has 0 aliphatic rings. The fraction of sp³-hybridized carbons (Fsp3) is 0.231. The number of phenolic OH excluding ortho intramolecular Hbond substituents is 1. The first-order valence-corrected chi connectivity index (χ1v) is 6.79. The molecule has 0 saturated heterocycles. The average molecular weight is 277 g/mol. The van der Waals surface area contributed by atoms with E-state index in [1.165, 1.54) is 11.3 Å². The van der Waals surface area contributed by atoms with Crippen molar-refractivity contribution in [2.75, 3.05) is 5.32 Å². The molecule has 0 saturated carbocycles. The second-order valence-electron chi connectivity index (χ2n) is 3.99. The van der Waals surface area contributed by atoms with Crippen molar-refractivity contribution in [1.29, 1.82) is 0 Å². The standard InChI is InChI=1S/C13H15N3O2S/c1-2-8-3-4-11(17)9(5-8)16-13(18)10-7-19-12(6-14)15-10/h3-5,7,17H,2,6,14H2,1H3,(H,16,18). The molecule has 0 aliphatic heterocycles. The van der Waals surface area contributed by atoms with Gasteiger partial charge in [0.15, 0.2) is 0 Å². The van der Waals surface area contributed by atoms with Crippen LogP contribution in [0.2, 0.25) is 0 Å². The number of thiazole rings is 1. The van der Waals surface area contributed by atoms with Crippen molar-refractivity contribution < 1.29 is 9.90 Å². The van der Waals surface area contributed by atoms with E-state index in [-0.39, 0.29) is 11.7 Å². The molecular formula is C13H15N3O2S. The number of aromatic hydroxyl groups is 1. The Hall–Kier alpha value is -1.92. The highest BCUT2D eigenvalue weighted by Crippen LogP contribution is 2.25. The van der Waals surface area contributed by atoms with Gasteiger partial charge in [0.05, 0.1) is 5.69 Å². The number of nitrogens with zero attached hydrogens (tertiary/aromatic N) is 1. The molecule has 0 aliphatic carbocycles. The molecule has 4 N–H and O–H groups in total. The van der Waals surface area contributed by atoms with Crippen molar-refractivity contribution in [3.05, 3.63) is 39.8 Å². The van der Waals surface area contributed by atoms with E-state index in [1.54, 1.807) is 17.5 Å².